The SMILES string of the molecule is COC(=O)c1ccc(CN2CCNC(=O)[C@H]2c2cccs2)o1. The van der Waals surface area contributed by atoms with Gasteiger partial charge in [-0.25, -0.2) is 4.79 Å². The average Bonchev–Trinajstić information content (AvgIpc) is 3.18. The molecule has 2 aromatic heterocycles. The Balaban J connectivity index is 1.78. The van der Waals surface area contributed by atoms with Crippen molar-refractivity contribution in [1.82, 2.24) is 10.2 Å². The van der Waals surface area contributed by atoms with Gasteiger partial charge in [0.2, 0.25) is 11.7 Å². The number of carbonyl (C=O) groups excluding carboxylic acids is 2. The molecule has 116 valence electrons. The predicted molar refractivity (Wildman–Crippen MR) is 80.5 cm³/mol. The number of hydrogen-bond donors (Lipinski definition) is 1. The van der Waals surface area contributed by atoms with Crippen molar-refractivity contribution in [3.05, 3.63) is 46.0 Å². The summed E-state index contributed by atoms with van der Waals surface area (Å²) >= 11 is 1.55. The lowest BCUT2D eigenvalue weighted by molar-refractivity contribution is -0.129. The van der Waals surface area contributed by atoms with Gasteiger partial charge in [0.05, 0.1) is 13.7 Å². The summed E-state index contributed by atoms with van der Waals surface area (Å²) in [5.74, 6) is 0.300. The highest BCUT2D eigenvalue weighted by atomic mass is 32.1. The molecule has 1 N–H and O–H groups in total. The molecule has 1 saturated heterocycles. The number of thiophene rings is 1. The van der Waals surface area contributed by atoms with Crippen LogP contribution in [0.5, 0.6) is 0 Å². The molecular weight excluding hydrogens is 304 g/mol. The van der Waals surface area contributed by atoms with Crippen LogP contribution < -0.4 is 5.32 Å². The predicted octanol–water partition coefficient (Wildman–Crippen LogP) is 1.80. The van der Waals surface area contributed by atoms with E-state index in [1.54, 1.807) is 23.5 Å². The highest BCUT2D eigenvalue weighted by molar-refractivity contribution is 7.10. The number of ether oxygens (including phenoxy) is 1. The molecule has 1 atom stereocenters. The number of esters is 1. The lowest BCUT2D eigenvalue weighted by Crippen LogP contribution is -2.49. The minimum Gasteiger partial charge on any atom is -0.463 e. The van der Waals surface area contributed by atoms with Gasteiger partial charge in [-0.05, 0) is 23.6 Å². The van der Waals surface area contributed by atoms with Crippen molar-refractivity contribution < 1.29 is 18.7 Å². The van der Waals surface area contributed by atoms with Crippen LogP contribution in [-0.2, 0) is 16.1 Å². The summed E-state index contributed by atoms with van der Waals surface area (Å²) < 4.78 is 10.1. The van der Waals surface area contributed by atoms with Crippen LogP contribution in [0, 0.1) is 0 Å². The zero-order chi connectivity index (χ0) is 15.5. The highest BCUT2D eigenvalue weighted by Gasteiger charge is 2.32. The molecule has 2 aromatic rings. The second kappa shape index (κ2) is 6.33. The first-order valence-corrected chi connectivity index (χ1v) is 7.79. The molecule has 0 aromatic carbocycles. The minimum absolute atomic E-state index is 0.00607. The van der Waals surface area contributed by atoms with Gasteiger partial charge in [0.1, 0.15) is 11.8 Å². The van der Waals surface area contributed by atoms with Crippen molar-refractivity contribution in [3.63, 3.8) is 0 Å². The normalized spacial score (nSPS) is 19.0. The lowest BCUT2D eigenvalue weighted by atomic mass is 10.1. The number of amides is 1. The van der Waals surface area contributed by atoms with Crippen molar-refractivity contribution in [2.75, 3.05) is 20.2 Å². The van der Waals surface area contributed by atoms with Gasteiger partial charge in [0.15, 0.2) is 0 Å². The molecule has 3 heterocycles. The Kier molecular flexibility index (Phi) is 4.26. The molecule has 6 nitrogen and oxygen atoms in total. The molecule has 7 heteroatoms. The Labute approximate surface area is 131 Å². The molecule has 0 bridgehead atoms. The van der Waals surface area contributed by atoms with E-state index in [1.165, 1.54) is 7.11 Å². The molecule has 1 aliphatic heterocycles. The number of methoxy groups -OCH3 is 1. The maximum absolute atomic E-state index is 12.2. The summed E-state index contributed by atoms with van der Waals surface area (Å²) in [6.07, 6.45) is 0. The van der Waals surface area contributed by atoms with E-state index in [-0.39, 0.29) is 17.7 Å². The first-order valence-electron chi connectivity index (χ1n) is 6.91. The third-order valence-corrected chi connectivity index (χ3v) is 4.46. The Morgan fingerprint density at radius 1 is 1.50 bits per heavy atom. The van der Waals surface area contributed by atoms with E-state index in [1.807, 2.05) is 22.4 Å². The van der Waals surface area contributed by atoms with E-state index < -0.39 is 5.97 Å². The monoisotopic (exact) mass is 320 g/mol. The Bertz CT molecular complexity index is 665. The Morgan fingerprint density at radius 2 is 2.36 bits per heavy atom. The Hall–Kier alpha value is -2.12. The van der Waals surface area contributed by atoms with E-state index in [2.05, 4.69) is 10.1 Å². The number of carbonyl (C=O) groups is 2. The second-order valence-electron chi connectivity index (χ2n) is 4.94. The Morgan fingerprint density at radius 3 is 3.09 bits per heavy atom. The number of piperazine rings is 1. The van der Waals surface area contributed by atoms with Crippen molar-refractivity contribution in [1.29, 1.82) is 0 Å². The van der Waals surface area contributed by atoms with Crippen molar-refractivity contribution in [2.45, 2.75) is 12.6 Å². The minimum atomic E-state index is -0.502. The van der Waals surface area contributed by atoms with Crippen molar-refractivity contribution in [2.24, 2.45) is 0 Å². The maximum Gasteiger partial charge on any atom is 0.373 e. The third kappa shape index (κ3) is 2.90. The maximum atomic E-state index is 12.2. The number of hydrogen-bond acceptors (Lipinski definition) is 6. The van der Waals surface area contributed by atoms with Gasteiger partial charge < -0.3 is 14.5 Å². The van der Waals surface area contributed by atoms with Crippen LogP contribution in [0.15, 0.2) is 34.1 Å². The van der Waals surface area contributed by atoms with Crippen LogP contribution in [0.3, 0.4) is 0 Å². The highest BCUT2D eigenvalue weighted by Crippen LogP contribution is 2.28. The summed E-state index contributed by atoms with van der Waals surface area (Å²) in [6.45, 7) is 1.79. The zero-order valence-corrected chi connectivity index (χ0v) is 12.9. The molecule has 0 saturated carbocycles. The number of nitrogens with one attached hydrogen (secondary N) is 1. The van der Waals surface area contributed by atoms with Crippen LogP contribution in [0.2, 0.25) is 0 Å². The quantitative estimate of drug-likeness (QED) is 0.870. The van der Waals surface area contributed by atoms with Gasteiger partial charge in [-0.2, -0.15) is 0 Å². The molecule has 3 rings (SSSR count). The summed E-state index contributed by atoms with van der Waals surface area (Å²) in [4.78, 5) is 26.7. The van der Waals surface area contributed by atoms with Crippen LogP contribution in [-0.4, -0.2) is 37.0 Å². The lowest BCUT2D eigenvalue weighted by Gasteiger charge is -2.33. The van der Waals surface area contributed by atoms with Crippen molar-refractivity contribution >= 4 is 23.2 Å². The molecule has 1 aliphatic rings. The van der Waals surface area contributed by atoms with Gasteiger partial charge in [-0.1, -0.05) is 6.07 Å². The fourth-order valence-electron chi connectivity index (χ4n) is 2.51. The van der Waals surface area contributed by atoms with Gasteiger partial charge in [0, 0.05) is 18.0 Å². The van der Waals surface area contributed by atoms with E-state index >= 15 is 0 Å². The molecule has 0 aliphatic carbocycles. The first kappa shape index (κ1) is 14.8. The fraction of sp³-hybridized carbons (Fsp3) is 0.333. The summed E-state index contributed by atoms with van der Waals surface area (Å²) in [7, 11) is 1.31. The van der Waals surface area contributed by atoms with E-state index in [9.17, 15) is 9.59 Å². The van der Waals surface area contributed by atoms with Crippen molar-refractivity contribution in [3.8, 4) is 0 Å². The topological polar surface area (TPSA) is 71.8 Å². The third-order valence-electron chi connectivity index (χ3n) is 3.53. The zero-order valence-electron chi connectivity index (χ0n) is 12.1. The van der Waals surface area contributed by atoms with E-state index in [0.29, 0.717) is 18.8 Å². The van der Waals surface area contributed by atoms with E-state index in [0.717, 1.165) is 11.4 Å². The van der Waals surface area contributed by atoms with Gasteiger partial charge >= 0.3 is 5.97 Å². The first-order chi connectivity index (χ1) is 10.7. The van der Waals surface area contributed by atoms with Gasteiger partial charge in [-0.15, -0.1) is 11.3 Å². The van der Waals surface area contributed by atoms with Gasteiger partial charge in [0.25, 0.3) is 0 Å². The summed E-state index contributed by atoms with van der Waals surface area (Å²) in [6, 6.07) is 6.90. The largest absolute Gasteiger partial charge is 0.463 e. The number of furan rings is 1. The van der Waals surface area contributed by atoms with Gasteiger partial charge in [-0.3, -0.25) is 9.69 Å². The molecule has 0 radical (unpaired) electrons. The van der Waals surface area contributed by atoms with Crippen LogP contribution in [0.1, 0.15) is 27.2 Å². The molecule has 1 amide bonds. The van der Waals surface area contributed by atoms with E-state index in [4.69, 9.17) is 4.42 Å². The number of nitrogens with zero attached hydrogens (tertiary/aromatic N) is 1. The van der Waals surface area contributed by atoms with Crippen LogP contribution >= 0.6 is 11.3 Å². The van der Waals surface area contributed by atoms with Crippen LogP contribution in [0.25, 0.3) is 0 Å². The summed E-state index contributed by atoms with van der Waals surface area (Å²) in [5.41, 5.74) is 0. The number of rotatable bonds is 4. The average molecular weight is 320 g/mol. The smallest absolute Gasteiger partial charge is 0.373 e. The second-order valence-corrected chi connectivity index (χ2v) is 5.92. The standard InChI is InChI=1S/C15H16N2O4S/c1-20-15(19)11-5-4-10(21-11)9-17-7-6-16-14(18)13(17)12-3-2-8-22-12/h2-5,8,13H,6-7,9H2,1H3,(H,16,18)/t13-/m1/s1. The molecule has 0 unspecified atom stereocenters. The molecule has 22 heavy (non-hydrogen) atoms. The molecule has 0 spiro atoms. The molecular formula is C15H16N2O4S. The fourth-order valence-corrected chi connectivity index (χ4v) is 3.37. The molecule has 1 fully saturated rings. The summed E-state index contributed by atoms with van der Waals surface area (Å²) in [5, 5.41) is 4.85. The van der Waals surface area contributed by atoms with Crippen LogP contribution in [0.4, 0.5) is 0 Å².